The molecule has 4 N–H and O–H groups in total. The Hall–Kier alpha value is -4.20. The molecule has 2 aromatic rings. The molecule has 0 fully saturated rings. The van der Waals surface area contributed by atoms with Gasteiger partial charge in [0.25, 0.3) is 0 Å². The van der Waals surface area contributed by atoms with Gasteiger partial charge in [0.15, 0.2) is 5.78 Å². The summed E-state index contributed by atoms with van der Waals surface area (Å²) in [7, 11) is 0. The van der Waals surface area contributed by atoms with Crippen LogP contribution in [0.5, 0.6) is 0 Å². The number of hydrogen-bond acceptors (Lipinski definition) is 4. The Kier molecular flexibility index (Phi) is 7.12. The third-order valence-electron chi connectivity index (χ3n) is 8.61. The fraction of sp³-hybridized carbons (Fsp3) is 0.375. The summed E-state index contributed by atoms with van der Waals surface area (Å²) in [5, 5.41) is 14.1. The van der Waals surface area contributed by atoms with E-state index in [2.05, 4.69) is 41.8 Å². The number of carboxylic acid groups (broad SMARTS) is 1. The molecule has 0 aromatic carbocycles. The standard InChI is InChI=1S/C32H36N4O4/c1-7-19-16(4)23(12-26-20(8-2)17(5)32(40)36-26)34-25(19)13-24-18(6)29-27(37)11-22(31(29)35-24)30-21(9-10-28(38)39)15(3)14-33-30/h8,12-13,22,26,34-35H,2,7,9-11,14H2,1,3-6H3,(H,36,40)(H,38,39)/b23-12+,25-13+. The summed E-state index contributed by atoms with van der Waals surface area (Å²) in [6.07, 6.45) is 7.45. The average molecular weight is 541 g/mol. The summed E-state index contributed by atoms with van der Waals surface area (Å²) >= 11 is 0. The van der Waals surface area contributed by atoms with Crippen LogP contribution >= 0.6 is 0 Å². The predicted octanol–water partition coefficient (Wildman–Crippen LogP) is 3.44. The molecule has 0 spiro atoms. The first-order chi connectivity index (χ1) is 19.0. The van der Waals surface area contributed by atoms with E-state index in [0.29, 0.717) is 25.0 Å². The average Bonchev–Trinajstić information content (AvgIpc) is 3.66. The second-order valence-corrected chi connectivity index (χ2v) is 10.9. The predicted molar refractivity (Wildman–Crippen MR) is 156 cm³/mol. The number of rotatable bonds is 8. The number of carboxylic acids is 1. The molecule has 2 aromatic heterocycles. The van der Waals surface area contributed by atoms with Gasteiger partial charge in [-0.1, -0.05) is 19.6 Å². The number of allylic oxidation sites excluding steroid dienone is 1. The number of nitrogens with zero attached hydrogens (tertiary/aromatic N) is 1. The Bertz CT molecular complexity index is 1690. The van der Waals surface area contributed by atoms with E-state index in [1.807, 2.05) is 26.8 Å². The van der Waals surface area contributed by atoms with Gasteiger partial charge in [-0.25, -0.2) is 0 Å². The summed E-state index contributed by atoms with van der Waals surface area (Å²) < 4.78 is 0. The molecule has 0 saturated carbocycles. The summed E-state index contributed by atoms with van der Waals surface area (Å²) in [5.41, 5.74) is 10.1. The molecule has 2 unspecified atom stereocenters. The van der Waals surface area contributed by atoms with E-state index in [4.69, 9.17) is 4.99 Å². The van der Waals surface area contributed by atoms with Gasteiger partial charge in [0.1, 0.15) is 0 Å². The number of carbonyl (C=O) groups is 3. The van der Waals surface area contributed by atoms with Gasteiger partial charge in [0, 0.05) is 57.7 Å². The lowest BCUT2D eigenvalue weighted by molar-refractivity contribution is -0.136. The highest BCUT2D eigenvalue weighted by Gasteiger charge is 2.39. The zero-order valence-electron chi connectivity index (χ0n) is 23.7. The van der Waals surface area contributed by atoms with Crippen molar-refractivity contribution in [2.24, 2.45) is 4.99 Å². The van der Waals surface area contributed by atoms with E-state index in [9.17, 15) is 19.5 Å². The molecule has 0 bridgehead atoms. The summed E-state index contributed by atoms with van der Waals surface area (Å²) in [5.74, 6) is -1.03. The first-order valence-electron chi connectivity index (χ1n) is 13.8. The molecular formula is C32H36N4O4. The van der Waals surface area contributed by atoms with Crippen LogP contribution in [0.4, 0.5) is 0 Å². The van der Waals surface area contributed by atoms with Gasteiger partial charge < -0.3 is 20.4 Å². The van der Waals surface area contributed by atoms with Crippen molar-refractivity contribution in [1.29, 1.82) is 0 Å². The lowest BCUT2D eigenvalue weighted by atomic mass is 9.91. The Morgan fingerprint density at radius 2 is 1.88 bits per heavy atom. The van der Waals surface area contributed by atoms with Crippen molar-refractivity contribution in [1.82, 2.24) is 15.3 Å². The Morgan fingerprint density at radius 3 is 2.55 bits per heavy atom. The highest BCUT2D eigenvalue weighted by molar-refractivity contribution is 6.15. The molecule has 3 aliphatic rings. The van der Waals surface area contributed by atoms with Crippen LogP contribution in [0.25, 0.3) is 12.2 Å². The quantitative estimate of drug-likeness (QED) is 0.409. The van der Waals surface area contributed by atoms with Crippen LogP contribution < -0.4 is 16.0 Å². The molecule has 4 heterocycles. The largest absolute Gasteiger partial charge is 0.481 e. The van der Waals surface area contributed by atoms with Crippen molar-refractivity contribution < 1.29 is 19.5 Å². The van der Waals surface area contributed by atoms with Crippen LogP contribution in [0.2, 0.25) is 0 Å². The number of aliphatic carboxylic acids is 1. The normalized spacial score (nSPS) is 21.6. The van der Waals surface area contributed by atoms with Crippen molar-refractivity contribution in [2.45, 2.75) is 72.3 Å². The molecule has 40 heavy (non-hydrogen) atoms. The number of aliphatic imine (C=N–C) groups is 1. The van der Waals surface area contributed by atoms with Crippen LogP contribution in [0, 0.1) is 13.8 Å². The molecular weight excluding hydrogens is 504 g/mol. The molecule has 1 aliphatic carbocycles. The van der Waals surface area contributed by atoms with E-state index in [1.165, 1.54) is 5.56 Å². The topological polar surface area (TPSA) is 127 Å². The number of carbonyl (C=O) groups excluding carboxylic acids is 2. The highest BCUT2D eigenvalue weighted by Crippen LogP contribution is 2.41. The van der Waals surface area contributed by atoms with Crippen LogP contribution in [0.3, 0.4) is 0 Å². The molecule has 2 aliphatic heterocycles. The van der Waals surface area contributed by atoms with Crippen LogP contribution in [0.1, 0.15) is 84.4 Å². The van der Waals surface area contributed by atoms with Gasteiger partial charge in [-0.15, -0.1) is 0 Å². The zero-order chi connectivity index (χ0) is 28.9. The molecule has 1 amide bonds. The number of ketones is 1. The molecule has 0 saturated heterocycles. The first kappa shape index (κ1) is 27.4. The summed E-state index contributed by atoms with van der Waals surface area (Å²) in [6.45, 7) is 14.4. The maximum atomic E-state index is 13.2. The monoisotopic (exact) mass is 540 g/mol. The third-order valence-corrected chi connectivity index (χ3v) is 8.61. The van der Waals surface area contributed by atoms with E-state index >= 15 is 0 Å². The van der Waals surface area contributed by atoms with Gasteiger partial charge in [-0.3, -0.25) is 19.4 Å². The van der Waals surface area contributed by atoms with E-state index in [-0.39, 0.29) is 30.1 Å². The van der Waals surface area contributed by atoms with Gasteiger partial charge in [0.05, 0.1) is 12.6 Å². The minimum absolute atomic E-state index is 0.0432. The SMILES string of the molecule is C=CC1=C(C)C(=O)NC1/C=c1/[nH]/c(=C/c2[nH]c3c(c2C)C(=O)CC3C2=NCC(C)=C2CCC(=O)O)c(CC)c1C. The maximum absolute atomic E-state index is 13.2. The molecule has 8 nitrogen and oxygen atoms in total. The molecule has 8 heteroatoms. The van der Waals surface area contributed by atoms with Crippen molar-refractivity contribution in [2.75, 3.05) is 6.54 Å². The zero-order valence-corrected chi connectivity index (χ0v) is 23.7. The Balaban J connectivity index is 1.55. The molecule has 5 rings (SSSR count). The number of amides is 1. The van der Waals surface area contributed by atoms with Crippen LogP contribution in [0.15, 0.2) is 39.9 Å². The van der Waals surface area contributed by atoms with Gasteiger partial charge >= 0.3 is 5.97 Å². The number of Topliss-reactive ketones (excluding diaryl/α,β-unsaturated/α-hetero) is 1. The lowest BCUT2D eigenvalue weighted by Gasteiger charge is -2.14. The molecule has 208 valence electrons. The summed E-state index contributed by atoms with van der Waals surface area (Å²) in [6, 6.07) is -0.242. The van der Waals surface area contributed by atoms with Gasteiger partial charge in [0.2, 0.25) is 5.91 Å². The number of nitrogens with one attached hydrogen (secondary N) is 3. The Labute approximate surface area is 233 Å². The molecule has 0 radical (unpaired) electrons. The first-order valence-corrected chi connectivity index (χ1v) is 13.8. The van der Waals surface area contributed by atoms with Crippen LogP contribution in [-0.4, -0.2) is 51.0 Å². The van der Waals surface area contributed by atoms with E-state index in [0.717, 1.165) is 67.6 Å². The van der Waals surface area contributed by atoms with Gasteiger partial charge in [-0.05, 0) is 86.1 Å². The minimum atomic E-state index is -0.839. The van der Waals surface area contributed by atoms with E-state index in [1.54, 1.807) is 6.08 Å². The van der Waals surface area contributed by atoms with E-state index < -0.39 is 5.97 Å². The van der Waals surface area contributed by atoms with Crippen molar-refractivity contribution in [3.63, 3.8) is 0 Å². The van der Waals surface area contributed by atoms with Crippen molar-refractivity contribution in [3.8, 4) is 0 Å². The molecule has 2 atom stereocenters. The number of hydrogen-bond donors (Lipinski definition) is 4. The van der Waals surface area contributed by atoms with Gasteiger partial charge in [-0.2, -0.15) is 0 Å². The number of H-pyrrole nitrogens is 2. The number of aromatic nitrogens is 2. The number of fused-ring (bicyclic) bond motifs is 1. The fourth-order valence-electron chi connectivity index (χ4n) is 6.37. The number of aromatic amines is 2. The Morgan fingerprint density at radius 1 is 1.12 bits per heavy atom. The minimum Gasteiger partial charge on any atom is -0.481 e. The smallest absolute Gasteiger partial charge is 0.303 e. The second-order valence-electron chi connectivity index (χ2n) is 10.9. The third kappa shape index (κ3) is 4.51. The van der Waals surface area contributed by atoms with Crippen molar-refractivity contribution >= 4 is 35.5 Å². The maximum Gasteiger partial charge on any atom is 0.303 e. The lowest BCUT2D eigenvalue weighted by Crippen LogP contribution is -2.29. The second kappa shape index (κ2) is 10.4. The summed E-state index contributed by atoms with van der Waals surface area (Å²) in [4.78, 5) is 48.5. The fourth-order valence-corrected chi connectivity index (χ4v) is 6.37. The highest BCUT2D eigenvalue weighted by atomic mass is 16.4. The van der Waals surface area contributed by atoms with Crippen molar-refractivity contribution in [3.05, 3.63) is 79.3 Å². The van der Waals surface area contributed by atoms with Crippen LogP contribution in [-0.2, 0) is 16.0 Å².